The fraction of sp³-hybridized carbons (Fsp3) is 0.188. The molecule has 0 unspecified atom stereocenters. The molecule has 0 aliphatic carbocycles. The summed E-state index contributed by atoms with van der Waals surface area (Å²) in [6.45, 7) is -0.608. The van der Waals surface area contributed by atoms with Crippen LogP contribution in [0, 0.1) is 0 Å². The van der Waals surface area contributed by atoms with Crippen molar-refractivity contribution in [2.24, 2.45) is 0 Å². The molecule has 0 amide bonds. The first-order valence-corrected chi connectivity index (χ1v) is 7.35. The van der Waals surface area contributed by atoms with E-state index < -0.39 is 18.4 Å². The number of para-hydroxylation sites is 1. The zero-order valence-corrected chi connectivity index (χ0v) is 12.8. The van der Waals surface area contributed by atoms with Gasteiger partial charge in [0, 0.05) is 16.9 Å². The average Bonchev–Trinajstić information content (AvgIpc) is 3.04. The van der Waals surface area contributed by atoms with Gasteiger partial charge in [-0.3, -0.25) is 0 Å². The molecule has 0 fully saturated rings. The lowest BCUT2D eigenvalue weighted by Gasteiger charge is -2.11. The number of benzene rings is 2. The van der Waals surface area contributed by atoms with E-state index in [9.17, 15) is 17.6 Å². The van der Waals surface area contributed by atoms with Crippen LogP contribution in [-0.4, -0.2) is 26.9 Å². The molecule has 130 valence electrons. The maximum absolute atomic E-state index is 12.6. The molecular weight excluding hydrogens is 338 g/mol. The van der Waals surface area contributed by atoms with Crippen molar-refractivity contribution in [1.82, 2.24) is 20.2 Å². The highest BCUT2D eigenvalue weighted by Crippen LogP contribution is 2.32. The Kier molecular flexibility index (Phi) is 4.64. The first-order chi connectivity index (χ1) is 12.0. The van der Waals surface area contributed by atoms with E-state index in [1.54, 1.807) is 24.3 Å². The van der Waals surface area contributed by atoms with Crippen molar-refractivity contribution in [2.45, 2.75) is 12.7 Å². The molecule has 3 aromatic rings. The van der Waals surface area contributed by atoms with Crippen LogP contribution in [0.5, 0.6) is 0 Å². The number of nitrogens with zero attached hydrogens (tertiary/aromatic N) is 4. The highest BCUT2D eigenvalue weighted by Gasteiger charge is 2.29. The molecule has 2 aromatic carbocycles. The Labute approximate surface area is 140 Å². The molecule has 9 heteroatoms. The van der Waals surface area contributed by atoms with Gasteiger partial charge in [-0.15, -0.1) is 10.2 Å². The molecule has 0 spiro atoms. The van der Waals surface area contributed by atoms with Gasteiger partial charge in [0.05, 0.1) is 12.1 Å². The van der Waals surface area contributed by atoms with Crippen molar-refractivity contribution in [2.75, 3.05) is 12.0 Å². The second kappa shape index (κ2) is 6.88. The van der Waals surface area contributed by atoms with Gasteiger partial charge in [0.25, 0.3) is 0 Å². The quantitative estimate of drug-likeness (QED) is 0.704. The second-order valence-corrected chi connectivity index (χ2v) is 5.14. The molecule has 1 N–H and O–H groups in total. The lowest BCUT2D eigenvalue weighted by molar-refractivity contribution is -0.137. The third kappa shape index (κ3) is 3.93. The van der Waals surface area contributed by atoms with Gasteiger partial charge in [-0.2, -0.15) is 18.0 Å². The molecule has 0 atom stereocenters. The predicted molar refractivity (Wildman–Crippen MR) is 84.0 cm³/mol. The number of anilines is 2. The van der Waals surface area contributed by atoms with E-state index >= 15 is 0 Å². The molecule has 0 saturated heterocycles. The van der Waals surface area contributed by atoms with E-state index in [4.69, 9.17) is 0 Å². The number of rotatable bonds is 5. The fourth-order valence-corrected chi connectivity index (χ4v) is 2.21. The van der Waals surface area contributed by atoms with Crippen LogP contribution >= 0.6 is 0 Å². The minimum Gasteiger partial charge on any atom is -0.355 e. The lowest BCUT2D eigenvalue weighted by Crippen LogP contribution is -2.04. The Morgan fingerprint density at radius 1 is 1.00 bits per heavy atom. The van der Waals surface area contributed by atoms with Crippen molar-refractivity contribution in [3.63, 3.8) is 0 Å². The maximum Gasteiger partial charge on any atom is 0.416 e. The number of hydrogen-bond donors (Lipinski definition) is 1. The molecule has 5 nitrogen and oxygen atoms in total. The van der Waals surface area contributed by atoms with Crippen molar-refractivity contribution >= 4 is 11.4 Å². The Hall–Kier alpha value is -2.97. The molecule has 0 bridgehead atoms. The molecule has 0 saturated carbocycles. The summed E-state index contributed by atoms with van der Waals surface area (Å²) < 4.78 is 50.2. The summed E-state index contributed by atoms with van der Waals surface area (Å²) >= 11 is 0. The predicted octanol–water partition coefficient (Wildman–Crippen LogP) is 4.07. The maximum atomic E-state index is 12.6. The Morgan fingerprint density at radius 2 is 1.72 bits per heavy atom. The summed E-state index contributed by atoms with van der Waals surface area (Å²) in [6.07, 6.45) is -4.38. The first kappa shape index (κ1) is 16.9. The zero-order valence-electron chi connectivity index (χ0n) is 12.8. The SMILES string of the molecule is FCCn1nnc(-c2ccccc2Nc2ccc(C(F)(F)F)cc2)n1. The summed E-state index contributed by atoms with van der Waals surface area (Å²) in [6, 6.07) is 11.7. The van der Waals surface area contributed by atoms with Crippen LogP contribution in [0.1, 0.15) is 5.56 Å². The molecule has 0 aliphatic heterocycles. The van der Waals surface area contributed by atoms with Gasteiger partial charge in [-0.25, -0.2) is 4.39 Å². The standard InChI is InChI=1S/C16H13F4N5/c17-9-10-25-23-15(22-24-25)13-3-1-2-4-14(13)21-12-7-5-11(6-8-12)16(18,19)20/h1-8,21H,9-10H2. The third-order valence-corrected chi connectivity index (χ3v) is 3.40. The van der Waals surface area contributed by atoms with E-state index in [-0.39, 0.29) is 6.54 Å². The molecule has 0 radical (unpaired) electrons. The van der Waals surface area contributed by atoms with Crippen LogP contribution in [0.2, 0.25) is 0 Å². The molecule has 1 heterocycles. The second-order valence-electron chi connectivity index (χ2n) is 5.14. The molecule has 3 rings (SSSR count). The van der Waals surface area contributed by atoms with Gasteiger partial charge < -0.3 is 5.32 Å². The van der Waals surface area contributed by atoms with Gasteiger partial charge in [-0.1, -0.05) is 12.1 Å². The van der Waals surface area contributed by atoms with E-state index in [0.29, 0.717) is 22.8 Å². The fourth-order valence-electron chi connectivity index (χ4n) is 2.21. The van der Waals surface area contributed by atoms with E-state index in [0.717, 1.165) is 16.9 Å². The Balaban J connectivity index is 1.85. The zero-order chi connectivity index (χ0) is 17.9. The van der Waals surface area contributed by atoms with Crippen LogP contribution < -0.4 is 5.32 Å². The van der Waals surface area contributed by atoms with Crippen molar-refractivity contribution in [3.05, 3.63) is 54.1 Å². The number of halogens is 4. The van der Waals surface area contributed by atoms with Crippen LogP contribution in [0.3, 0.4) is 0 Å². The summed E-state index contributed by atoms with van der Waals surface area (Å²) in [4.78, 5) is 1.14. The highest BCUT2D eigenvalue weighted by molar-refractivity contribution is 5.77. The van der Waals surface area contributed by atoms with Crippen LogP contribution in [0.25, 0.3) is 11.4 Å². The van der Waals surface area contributed by atoms with Crippen LogP contribution in [0.15, 0.2) is 48.5 Å². The van der Waals surface area contributed by atoms with Crippen LogP contribution in [0.4, 0.5) is 28.9 Å². The monoisotopic (exact) mass is 351 g/mol. The molecule has 0 aliphatic rings. The molecular formula is C16H13F4N5. The largest absolute Gasteiger partial charge is 0.416 e. The summed E-state index contributed by atoms with van der Waals surface area (Å²) in [5.41, 5.74) is 0.966. The third-order valence-electron chi connectivity index (χ3n) is 3.40. The number of alkyl halides is 4. The minimum absolute atomic E-state index is 0.00149. The summed E-state index contributed by atoms with van der Waals surface area (Å²) in [5.74, 6) is 0.295. The summed E-state index contributed by atoms with van der Waals surface area (Å²) in [7, 11) is 0. The Morgan fingerprint density at radius 3 is 2.40 bits per heavy atom. The van der Waals surface area contributed by atoms with Gasteiger partial charge >= 0.3 is 6.18 Å². The first-order valence-electron chi connectivity index (χ1n) is 7.35. The lowest BCUT2D eigenvalue weighted by atomic mass is 10.1. The van der Waals surface area contributed by atoms with Gasteiger partial charge in [0.2, 0.25) is 5.82 Å². The van der Waals surface area contributed by atoms with Gasteiger partial charge in [0.15, 0.2) is 0 Å². The summed E-state index contributed by atoms with van der Waals surface area (Å²) in [5, 5.41) is 14.7. The van der Waals surface area contributed by atoms with Crippen LogP contribution in [-0.2, 0) is 12.7 Å². The highest BCUT2D eigenvalue weighted by atomic mass is 19.4. The topological polar surface area (TPSA) is 55.6 Å². The molecule has 1 aromatic heterocycles. The smallest absolute Gasteiger partial charge is 0.355 e. The Bertz CT molecular complexity index is 842. The van der Waals surface area contributed by atoms with E-state index in [1.165, 1.54) is 12.1 Å². The number of aryl methyl sites for hydroxylation is 1. The van der Waals surface area contributed by atoms with Crippen molar-refractivity contribution in [3.8, 4) is 11.4 Å². The van der Waals surface area contributed by atoms with Gasteiger partial charge in [-0.05, 0) is 41.6 Å². The van der Waals surface area contributed by atoms with Crippen molar-refractivity contribution in [1.29, 1.82) is 0 Å². The number of nitrogens with one attached hydrogen (secondary N) is 1. The van der Waals surface area contributed by atoms with Crippen molar-refractivity contribution < 1.29 is 17.6 Å². The minimum atomic E-state index is -4.38. The average molecular weight is 351 g/mol. The molecule has 25 heavy (non-hydrogen) atoms. The number of hydrogen-bond acceptors (Lipinski definition) is 4. The van der Waals surface area contributed by atoms with Gasteiger partial charge in [0.1, 0.15) is 6.67 Å². The van der Waals surface area contributed by atoms with E-state index in [1.807, 2.05) is 0 Å². The number of aromatic nitrogens is 4. The number of tetrazole rings is 1. The normalized spacial score (nSPS) is 11.5. The van der Waals surface area contributed by atoms with E-state index in [2.05, 4.69) is 20.7 Å².